The van der Waals surface area contributed by atoms with Gasteiger partial charge in [0.1, 0.15) is 17.2 Å². The lowest BCUT2D eigenvalue weighted by atomic mass is 10.2. The summed E-state index contributed by atoms with van der Waals surface area (Å²) in [5.41, 5.74) is 5.26. The first-order chi connectivity index (χ1) is 9.47. The first-order valence-corrected chi connectivity index (χ1v) is 5.49. The second kappa shape index (κ2) is 5.22. The Bertz CT molecular complexity index is 660. The quantitative estimate of drug-likeness (QED) is 0.250. The SMILES string of the molecule is O=[N+]([O-])c1ccc(NNc2cc(O)ccc2O)c(O)c1. The van der Waals surface area contributed by atoms with Gasteiger partial charge < -0.3 is 15.3 Å². The van der Waals surface area contributed by atoms with Crippen LogP contribution in [0.2, 0.25) is 0 Å². The fraction of sp³-hybridized carbons (Fsp3) is 0. The molecule has 0 unspecified atom stereocenters. The van der Waals surface area contributed by atoms with E-state index in [2.05, 4.69) is 10.9 Å². The van der Waals surface area contributed by atoms with Crippen LogP contribution < -0.4 is 10.9 Å². The number of hydrogen-bond donors (Lipinski definition) is 5. The van der Waals surface area contributed by atoms with Gasteiger partial charge in [0.05, 0.1) is 22.4 Å². The van der Waals surface area contributed by atoms with Crippen LogP contribution in [0.4, 0.5) is 17.1 Å². The molecule has 8 heteroatoms. The number of phenolic OH excluding ortho intramolecular Hbond substituents is 3. The zero-order valence-electron chi connectivity index (χ0n) is 10.1. The van der Waals surface area contributed by atoms with E-state index in [-0.39, 0.29) is 34.3 Å². The summed E-state index contributed by atoms with van der Waals surface area (Å²) in [5, 5.41) is 39.0. The third-order valence-corrected chi connectivity index (χ3v) is 2.50. The van der Waals surface area contributed by atoms with Gasteiger partial charge in [0.2, 0.25) is 0 Å². The van der Waals surface area contributed by atoms with Crippen LogP contribution in [0.5, 0.6) is 17.2 Å². The number of nitrogens with one attached hydrogen (secondary N) is 2. The van der Waals surface area contributed by atoms with Crippen molar-refractivity contribution in [2.45, 2.75) is 0 Å². The average molecular weight is 277 g/mol. The summed E-state index contributed by atoms with van der Waals surface area (Å²) >= 11 is 0. The van der Waals surface area contributed by atoms with Crippen LogP contribution in [0.15, 0.2) is 36.4 Å². The van der Waals surface area contributed by atoms with Crippen LogP contribution in [-0.2, 0) is 0 Å². The molecule has 0 saturated carbocycles. The topological polar surface area (TPSA) is 128 Å². The van der Waals surface area contributed by atoms with Gasteiger partial charge >= 0.3 is 0 Å². The van der Waals surface area contributed by atoms with Crippen LogP contribution in [0.1, 0.15) is 0 Å². The predicted molar refractivity (Wildman–Crippen MR) is 71.8 cm³/mol. The molecule has 0 radical (unpaired) electrons. The van der Waals surface area contributed by atoms with E-state index in [4.69, 9.17) is 0 Å². The summed E-state index contributed by atoms with van der Waals surface area (Å²) in [7, 11) is 0. The van der Waals surface area contributed by atoms with E-state index in [1.54, 1.807) is 0 Å². The molecule has 0 aliphatic heterocycles. The van der Waals surface area contributed by atoms with E-state index in [0.717, 1.165) is 6.07 Å². The number of nitrogens with zero attached hydrogens (tertiary/aromatic N) is 1. The molecule has 0 aliphatic carbocycles. The molecule has 104 valence electrons. The Labute approximate surface area is 113 Å². The average Bonchev–Trinajstić information content (AvgIpc) is 2.40. The molecule has 5 N–H and O–H groups in total. The Hall–Kier alpha value is -3.16. The van der Waals surface area contributed by atoms with E-state index in [0.29, 0.717) is 0 Å². The number of benzene rings is 2. The molecule has 0 amide bonds. The second-order valence-corrected chi connectivity index (χ2v) is 3.91. The van der Waals surface area contributed by atoms with Gasteiger partial charge in [0, 0.05) is 12.1 Å². The monoisotopic (exact) mass is 277 g/mol. The molecule has 0 atom stereocenters. The van der Waals surface area contributed by atoms with E-state index in [9.17, 15) is 25.4 Å². The molecular weight excluding hydrogens is 266 g/mol. The van der Waals surface area contributed by atoms with Gasteiger partial charge in [-0.05, 0) is 18.2 Å². The number of hydrazine groups is 1. The highest BCUT2D eigenvalue weighted by Gasteiger charge is 2.10. The summed E-state index contributed by atoms with van der Waals surface area (Å²) in [6.07, 6.45) is 0. The maximum absolute atomic E-state index is 10.5. The highest BCUT2D eigenvalue weighted by atomic mass is 16.6. The number of phenols is 3. The van der Waals surface area contributed by atoms with Gasteiger partial charge in [0.15, 0.2) is 0 Å². The molecule has 2 rings (SSSR count). The molecule has 0 bridgehead atoms. The molecular formula is C12H11N3O5. The Kier molecular flexibility index (Phi) is 3.47. The Balaban J connectivity index is 2.15. The number of hydrogen-bond acceptors (Lipinski definition) is 7. The van der Waals surface area contributed by atoms with Gasteiger partial charge in [-0.2, -0.15) is 0 Å². The summed E-state index contributed by atoms with van der Waals surface area (Å²) in [5.74, 6) is -0.497. The Morgan fingerprint density at radius 3 is 2.25 bits per heavy atom. The molecule has 0 aliphatic rings. The molecule has 20 heavy (non-hydrogen) atoms. The van der Waals surface area contributed by atoms with Crippen molar-refractivity contribution < 1.29 is 20.2 Å². The first kappa shape index (κ1) is 13.3. The lowest BCUT2D eigenvalue weighted by Gasteiger charge is -2.12. The molecule has 0 spiro atoms. The predicted octanol–water partition coefficient (Wildman–Crippen LogP) is 2.15. The number of nitro benzene ring substituents is 1. The standard InChI is InChI=1S/C12H11N3O5/c16-8-2-4-11(17)10(6-8)14-13-9-3-1-7(15(19)20)5-12(9)18/h1-6,13-14,16-18H. The summed E-state index contributed by atoms with van der Waals surface area (Å²) in [4.78, 5) is 9.90. The number of non-ortho nitro benzene ring substituents is 1. The van der Waals surface area contributed by atoms with E-state index >= 15 is 0 Å². The van der Waals surface area contributed by atoms with Gasteiger partial charge in [-0.3, -0.25) is 21.0 Å². The van der Waals surface area contributed by atoms with E-state index < -0.39 is 4.92 Å². The molecule has 0 heterocycles. The number of rotatable bonds is 4. The number of anilines is 2. The molecule has 8 nitrogen and oxygen atoms in total. The fourth-order valence-electron chi connectivity index (χ4n) is 1.50. The zero-order chi connectivity index (χ0) is 14.7. The van der Waals surface area contributed by atoms with Crippen molar-refractivity contribution in [3.8, 4) is 17.2 Å². The zero-order valence-corrected chi connectivity index (χ0v) is 10.1. The van der Waals surface area contributed by atoms with Gasteiger partial charge in [-0.15, -0.1) is 0 Å². The van der Waals surface area contributed by atoms with Crippen LogP contribution in [0, 0.1) is 10.1 Å². The van der Waals surface area contributed by atoms with Crippen LogP contribution >= 0.6 is 0 Å². The van der Waals surface area contributed by atoms with Crippen molar-refractivity contribution in [3.63, 3.8) is 0 Å². The normalized spacial score (nSPS) is 10.0. The van der Waals surface area contributed by atoms with Crippen LogP contribution in [0.25, 0.3) is 0 Å². The summed E-state index contributed by atoms with van der Waals surface area (Å²) in [6.45, 7) is 0. The van der Waals surface area contributed by atoms with Gasteiger partial charge in [0.25, 0.3) is 5.69 Å². The van der Waals surface area contributed by atoms with Crippen LogP contribution in [-0.4, -0.2) is 20.2 Å². The van der Waals surface area contributed by atoms with Crippen molar-refractivity contribution >= 4 is 17.1 Å². The molecule has 0 aromatic heterocycles. The van der Waals surface area contributed by atoms with Crippen molar-refractivity contribution in [2.24, 2.45) is 0 Å². The Morgan fingerprint density at radius 2 is 1.60 bits per heavy atom. The van der Waals surface area contributed by atoms with E-state index in [1.807, 2.05) is 0 Å². The maximum Gasteiger partial charge on any atom is 0.273 e. The second-order valence-electron chi connectivity index (χ2n) is 3.91. The van der Waals surface area contributed by atoms with Crippen molar-refractivity contribution in [1.29, 1.82) is 0 Å². The maximum atomic E-state index is 10.5. The van der Waals surface area contributed by atoms with Crippen molar-refractivity contribution in [2.75, 3.05) is 10.9 Å². The van der Waals surface area contributed by atoms with Crippen LogP contribution in [0.3, 0.4) is 0 Å². The first-order valence-electron chi connectivity index (χ1n) is 5.49. The lowest BCUT2D eigenvalue weighted by molar-refractivity contribution is -0.384. The highest BCUT2D eigenvalue weighted by Crippen LogP contribution is 2.30. The molecule has 0 saturated heterocycles. The van der Waals surface area contributed by atoms with Gasteiger partial charge in [-0.25, -0.2) is 0 Å². The minimum atomic E-state index is -0.627. The van der Waals surface area contributed by atoms with Crippen molar-refractivity contribution in [1.82, 2.24) is 0 Å². The third kappa shape index (κ3) is 2.80. The fourth-order valence-corrected chi connectivity index (χ4v) is 1.50. The van der Waals surface area contributed by atoms with E-state index in [1.165, 1.54) is 30.3 Å². The minimum absolute atomic E-state index is 0.0555. The molecule has 2 aromatic rings. The summed E-state index contributed by atoms with van der Waals surface area (Å²) < 4.78 is 0. The Morgan fingerprint density at radius 1 is 0.900 bits per heavy atom. The number of aromatic hydroxyl groups is 3. The molecule has 0 fully saturated rings. The highest BCUT2D eigenvalue weighted by molar-refractivity contribution is 5.66. The lowest BCUT2D eigenvalue weighted by Crippen LogP contribution is -2.08. The summed E-state index contributed by atoms with van der Waals surface area (Å²) in [6, 6.07) is 7.38. The third-order valence-electron chi connectivity index (χ3n) is 2.50. The van der Waals surface area contributed by atoms with Gasteiger partial charge in [-0.1, -0.05) is 0 Å². The number of nitro groups is 1. The largest absolute Gasteiger partial charge is 0.508 e. The molecule has 2 aromatic carbocycles. The smallest absolute Gasteiger partial charge is 0.273 e. The minimum Gasteiger partial charge on any atom is -0.508 e. The van der Waals surface area contributed by atoms with Crippen molar-refractivity contribution in [3.05, 3.63) is 46.5 Å².